The maximum absolute atomic E-state index is 12.1. The summed E-state index contributed by atoms with van der Waals surface area (Å²) in [6.07, 6.45) is 0.487. The van der Waals surface area contributed by atoms with E-state index in [2.05, 4.69) is 0 Å². The second-order valence-electron chi connectivity index (χ2n) is 5.94. The number of hydrogen-bond donors (Lipinski definition) is 0. The van der Waals surface area contributed by atoms with Crippen molar-refractivity contribution in [2.75, 3.05) is 13.7 Å². The highest BCUT2D eigenvalue weighted by Crippen LogP contribution is 2.31. The van der Waals surface area contributed by atoms with Crippen LogP contribution in [0, 0.1) is 5.41 Å². The molecular weight excluding hydrogens is 284 g/mol. The Morgan fingerprint density at radius 3 is 2.64 bits per heavy atom. The van der Waals surface area contributed by atoms with Crippen LogP contribution in [-0.4, -0.2) is 31.8 Å². The molecule has 5 nitrogen and oxygen atoms in total. The van der Waals surface area contributed by atoms with E-state index in [1.165, 1.54) is 6.08 Å². The molecule has 0 amide bonds. The monoisotopic (exact) mass is 304 g/mol. The zero-order valence-corrected chi connectivity index (χ0v) is 13.2. The van der Waals surface area contributed by atoms with Crippen molar-refractivity contribution < 1.29 is 23.8 Å². The maximum Gasteiger partial charge on any atom is 0.348 e. The van der Waals surface area contributed by atoms with E-state index in [1.54, 1.807) is 14.0 Å². The van der Waals surface area contributed by atoms with Gasteiger partial charge in [-0.2, -0.15) is 0 Å². The zero-order valence-electron chi connectivity index (χ0n) is 13.2. The Balaban J connectivity index is 2.15. The molecule has 2 rings (SSSR count). The molecule has 118 valence electrons. The van der Waals surface area contributed by atoms with Crippen molar-refractivity contribution in [1.29, 1.82) is 0 Å². The number of carbonyl (C=O) groups excluding carboxylic acids is 2. The predicted molar refractivity (Wildman–Crippen MR) is 81.3 cm³/mol. The second-order valence-corrected chi connectivity index (χ2v) is 5.94. The summed E-state index contributed by atoms with van der Waals surface area (Å²) in [5, 5.41) is 0. The summed E-state index contributed by atoms with van der Waals surface area (Å²) in [6.45, 7) is 5.69. The zero-order chi connectivity index (χ0) is 16.3. The maximum atomic E-state index is 12.1. The highest BCUT2D eigenvalue weighted by atomic mass is 16.6. The topological polar surface area (TPSA) is 61.8 Å². The fourth-order valence-electron chi connectivity index (χ4n) is 2.31. The summed E-state index contributed by atoms with van der Waals surface area (Å²) in [4.78, 5) is 23.7. The van der Waals surface area contributed by atoms with Gasteiger partial charge >= 0.3 is 11.9 Å². The summed E-state index contributed by atoms with van der Waals surface area (Å²) < 4.78 is 15.5. The Bertz CT molecular complexity index is 615. The molecule has 0 N–H and O–H groups in total. The van der Waals surface area contributed by atoms with E-state index in [0.29, 0.717) is 11.3 Å². The van der Waals surface area contributed by atoms with E-state index in [4.69, 9.17) is 14.2 Å². The van der Waals surface area contributed by atoms with Gasteiger partial charge in [0.25, 0.3) is 0 Å². The third-order valence-electron chi connectivity index (χ3n) is 3.61. The fraction of sp³-hybridized carbons (Fsp3) is 0.412. The Kier molecular flexibility index (Phi) is 4.54. The average molecular weight is 304 g/mol. The van der Waals surface area contributed by atoms with Gasteiger partial charge in [-0.15, -0.1) is 0 Å². The van der Waals surface area contributed by atoms with Gasteiger partial charge in [-0.1, -0.05) is 32.0 Å². The van der Waals surface area contributed by atoms with Crippen LogP contribution in [0.15, 0.2) is 30.3 Å². The molecule has 1 aliphatic heterocycles. The van der Waals surface area contributed by atoms with Gasteiger partial charge in [0.15, 0.2) is 0 Å². The van der Waals surface area contributed by atoms with Crippen LogP contribution in [0.4, 0.5) is 0 Å². The molecule has 22 heavy (non-hydrogen) atoms. The Morgan fingerprint density at radius 1 is 1.36 bits per heavy atom. The number of rotatable bonds is 4. The number of allylic oxidation sites excluding steroid dienone is 1. The summed E-state index contributed by atoms with van der Waals surface area (Å²) in [5.74, 6) is -0.397. The smallest absolute Gasteiger partial charge is 0.348 e. The second kappa shape index (κ2) is 6.22. The number of ether oxygens (including phenoxy) is 3. The minimum Gasteiger partial charge on any atom is -0.496 e. The van der Waals surface area contributed by atoms with Crippen molar-refractivity contribution >= 4 is 17.5 Å². The fourth-order valence-corrected chi connectivity index (χ4v) is 2.31. The van der Waals surface area contributed by atoms with Crippen molar-refractivity contribution in [3.05, 3.63) is 35.9 Å². The van der Waals surface area contributed by atoms with Crippen LogP contribution in [0.25, 0.3) is 5.57 Å². The summed E-state index contributed by atoms with van der Waals surface area (Å²) in [5.41, 5.74) is 0.987. The highest BCUT2D eigenvalue weighted by Gasteiger charge is 2.46. The molecule has 1 aromatic rings. The lowest BCUT2D eigenvalue weighted by Gasteiger charge is -2.21. The summed E-state index contributed by atoms with van der Waals surface area (Å²) in [6, 6.07) is 7.38. The average Bonchev–Trinajstić information content (AvgIpc) is 2.74. The molecule has 1 aromatic carbocycles. The van der Waals surface area contributed by atoms with Gasteiger partial charge in [0, 0.05) is 17.1 Å². The lowest BCUT2D eigenvalue weighted by molar-refractivity contribution is -0.159. The number of methoxy groups -OCH3 is 1. The number of cyclic esters (lactones) is 1. The molecule has 0 bridgehead atoms. The first kappa shape index (κ1) is 16.1. The van der Waals surface area contributed by atoms with Crippen molar-refractivity contribution in [3.63, 3.8) is 0 Å². The van der Waals surface area contributed by atoms with E-state index in [1.807, 2.05) is 38.1 Å². The first-order chi connectivity index (χ1) is 10.3. The van der Waals surface area contributed by atoms with E-state index in [9.17, 15) is 9.59 Å². The SMILES string of the molecule is COc1ccccc1C(C)=CC(=O)O[C@H]1C(=O)OCC1(C)C. The molecule has 0 radical (unpaired) electrons. The lowest BCUT2D eigenvalue weighted by atomic mass is 9.90. The summed E-state index contributed by atoms with van der Waals surface area (Å²) in [7, 11) is 1.57. The Morgan fingerprint density at radius 2 is 2.05 bits per heavy atom. The number of esters is 2. The molecule has 1 fully saturated rings. The molecule has 1 atom stereocenters. The van der Waals surface area contributed by atoms with Crippen LogP contribution in [0.5, 0.6) is 5.75 Å². The van der Waals surface area contributed by atoms with Crippen molar-refractivity contribution in [3.8, 4) is 5.75 Å². The summed E-state index contributed by atoms with van der Waals surface area (Å²) >= 11 is 0. The van der Waals surface area contributed by atoms with Crippen molar-refractivity contribution in [1.82, 2.24) is 0 Å². The third kappa shape index (κ3) is 3.30. The molecule has 1 heterocycles. The first-order valence-electron chi connectivity index (χ1n) is 7.04. The van der Waals surface area contributed by atoms with Gasteiger partial charge in [-0.25, -0.2) is 9.59 Å². The molecular formula is C17H20O5. The van der Waals surface area contributed by atoms with Gasteiger partial charge in [0.2, 0.25) is 6.10 Å². The normalized spacial score (nSPS) is 20.5. The largest absolute Gasteiger partial charge is 0.496 e. The van der Waals surface area contributed by atoms with E-state index in [-0.39, 0.29) is 6.61 Å². The Hall–Kier alpha value is -2.30. The van der Waals surface area contributed by atoms with Gasteiger partial charge < -0.3 is 14.2 Å². The number of para-hydroxylation sites is 1. The van der Waals surface area contributed by atoms with Gasteiger partial charge in [0.05, 0.1) is 7.11 Å². The number of benzene rings is 1. The van der Waals surface area contributed by atoms with Crippen LogP contribution < -0.4 is 4.74 Å². The van der Waals surface area contributed by atoms with Crippen LogP contribution in [0.1, 0.15) is 26.3 Å². The molecule has 5 heteroatoms. The number of hydrogen-bond acceptors (Lipinski definition) is 5. The minimum atomic E-state index is -0.873. The van der Waals surface area contributed by atoms with Gasteiger partial charge in [-0.3, -0.25) is 0 Å². The van der Waals surface area contributed by atoms with Gasteiger partial charge in [0.1, 0.15) is 12.4 Å². The molecule has 0 aliphatic carbocycles. The third-order valence-corrected chi connectivity index (χ3v) is 3.61. The van der Waals surface area contributed by atoms with Gasteiger partial charge in [-0.05, 0) is 18.6 Å². The van der Waals surface area contributed by atoms with Crippen LogP contribution in [0.2, 0.25) is 0 Å². The van der Waals surface area contributed by atoms with Crippen LogP contribution >= 0.6 is 0 Å². The van der Waals surface area contributed by atoms with E-state index >= 15 is 0 Å². The standard InChI is InChI=1S/C17H20O5/c1-11(12-7-5-6-8-13(12)20-4)9-14(18)22-15-16(19)21-10-17(15,2)3/h5-9,15H,10H2,1-4H3/t15-/m0/s1. The minimum absolute atomic E-state index is 0.249. The number of carbonyl (C=O) groups is 2. The van der Waals surface area contributed by atoms with E-state index in [0.717, 1.165) is 5.56 Å². The molecule has 0 unspecified atom stereocenters. The van der Waals surface area contributed by atoms with Crippen LogP contribution in [0.3, 0.4) is 0 Å². The molecule has 0 spiro atoms. The quantitative estimate of drug-likeness (QED) is 0.632. The van der Waals surface area contributed by atoms with Crippen LogP contribution in [-0.2, 0) is 19.1 Å². The van der Waals surface area contributed by atoms with Crippen molar-refractivity contribution in [2.24, 2.45) is 5.41 Å². The van der Waals surface area contributed by atoms with E-state index < -0.39 is 23.5 Å². The molecule has 0 aromatic heterocycles. The highest BCUT2D eigenvalue weighted by molar-refractivity contribution is 5.93. The predicted octanol–water partition coefficient (Wildman–Crippen LogP) is 2.59. The molecule has 1 saturated heterocycles. The lowest BCUT2D eigenvalue weighted by Crippen LogP contribution is -2.34. The molecule has 0 saturated carbocycles. The van der Waals surface area contributed by atoms with Crippen molar-refractivity contribution in [2.45, 2.75) is 26.9 Å². The Labute approximate surface area is 129 Å². The molecule has 1 aliphatic rings. The first-order valence-corrected chi connectivity index (χ1v) is 7.04.